The Balaban J connectivity index is 2.17. The lowest BCUT2D eigenvalue weighted by molar-refractivity contribution is 0.0421. The van der Waals surface area contributed by atoms with E-state index in [1.165, 1.54) is 6.08 Å². The fourth-order valence-corrected chi connectivity index (χ4v) is 2.52. The van der Waals surface area contributed by atoms with Gasteiger partial charge in [-0.1, -0.05) is 30.3 Å². The fraction of sp³-hybridized carbons (Fsp3) is 0.222. The zero-order valence-electron chi connectivity index (χ0n) is 12.3. The first-order chi connectivity index (χ1) is 9.87. The zero-order chi connectivity index (χ0) is 15.2. The van der Waals surface area contributed by atoms with Crippen LogP contribution in [0.2, 0.25) is 0 Å². The van der Waals surface area contributed by atoms with E-state index in [-0.39, 0.29) is 17.3 Å². The lowest BCUT2D eigenvalue weighted by atomic mass is 9.89. The van der Waals surface area contributed by atoms with Crippen LogP contribution in [0.4, 0.5) is 0 Å². The third kappa shape index (κ3) is 2.35. The lowest BCUT2D eigenvalue weighted by Crippen LogP contribution is -2.26. The van der Waals surface area contributed by atoms with Crippen molar-refractivity contribution in [2.24, 2.45) is 0 Å². The predicted molar refractivity (Wildman–Crippen MR) is 81.5 cm³/mol. The van der Waals surface area contributed by atoms with Crippen LogP contribution in [0.1, 0.15) is 41.5 Å². The van der Waals surface area contributed by atoms with Crippen molar-refractivity contribution >= 4 is 22.3 Å². The number of Topliss-reactive ketones (excluding diaryl/α,β-unsaturated/α-hetero) is 1. The Hall–Kier alpha value is -2.42. The Morgan fingerprint density at radius 3 is 2.38 bits per heavy atom. The molecule has 0 aliphatic heterocycles. The minimum absolute atomic E-state index is 0.121. The molecule has 0 atom stereocenters. The van der Waals surface area contributed by atoms with Crippen LogP contribution in [0.25, 0.3) is 10.8 Å². The zero-order valence-corrected chi connectivity index (χ0v) is 12.3. The summed E-state index contributed by atoms with van der Waals surface area (Å²) in [5.74, 6) is -0.291. The molecule has 0 bridgehead atoms. The van der Waals surface area contributed by atoms with Gasteiger partial charge in [0.05, 0.1) is 0 Å². The molecule has 0 fully saturated rings. The van der Waals surface area contributed by atoms with Crippen molar-refractivity contribution in [2.75, 3.05) is 0 Å². The summed E-state index contributed by atoms with van der Waals surface area (Å²) in [6.45, 7) is 5.55. The molecule has 0 heterocycles. The van der Waals surface area contributed by atoms with E-state index in [4.69, 9.17) is 4.74 Å². The van der Waals surface area contributed by atoms with Gasteiger partial charge in [0.25, 0.3) is 0 Å². The largest absolute Gasteiger partial charge is 0.484 e. The summed E-state index contributed by atoms with van der Waals surface area (Å²) < 4.78 is 5.62. The molecule has 3 rings (SSSR count). The first kappa shape index (κ1) is 13.6. The molecule has 0 saturated carbocycles. The molecular formula is C18H16O3. The summed E-state index contributed by atoms with van der Waals surface area (Å²) >= 11 is 0. The number of fused-ring (bicyclic) bond motifs is 3. The van der Waals surface area contributed by atoms with Crippen molar-refractivity contribution in [3.8, 4) is 0 Å². The second-order valence-electron chi connectivity index (χ2n) is 6.13. The van der Waals surface area contributed by atoms with E-state index in [0.717, 1.165) is 10.8 Å². The molecule has 2 aromatic carbocycles. The second kappa shape index (κ2) is 4.55. The van der Waals surface area contributed by atoms with Gasteiger partial charge in [0.1, 0.15) is 5.60 Å². The van der Waals surface area contributed by atoms with Gasteiger partial charge in [-0.05, 0) is 37.6 Å². The summed E-state index contributed by atoms with van der Waals surface area (Å²) in [6.07, 6.45) is 1.31. The number of rotatable bonds is 1. The first-order valence-corrected chi connectivity index (χ1v) is 6.88. The van der Waals surface area contributed by atoms with Gasteiger partial charge in [-0.25, -0.2) is 0 Å². The van der Waals surface area contributed by atoms with Gasteiger partial charge in [0, 0.05) is 17.2 Å². The van der Waals surface area contributed by atoms with Crippen LogP contribution in [-0.4, -0.2) is 17.2 Å². The van der Waals surface area contributed by atoms with Crippen molar-refractivity contribution in [2.45, 2.75) is 26.4 Å². The number of benzene rings is 2. The summed E-state index contributed by atoms with van der Waals surface area (Å²) in [4.78, 5) is 25.0. The number of hydrogen-bond acceptors (Lipinski definition) is 3. The van der Waals surface area contributed by atoms with Gasteiger partial charge in [0.2, 0.25) is 5.78 Å². The molecule has 106 valence electrons. The van der Waals surface area contributed by atoms with Crippen molar-refractivity contribution in [3.63, 3.8) is 0 Å². The van der Waals surface area contributed by atoms with E-state index in [1.807, 2.05) is 51.1 Å². The highest BCUT2D eigenvalue weighted by molar-refractivity contribution is 6.28. The van der Waals surface area contributed by atoms with Crippen LogP contribution >= 0.6 is 0 Å². The van der Waals surface area contributed by atoms with Crippen LogP contribution in [-0.2, 0) is 4.74 Å². The van der Waals surface area contributed by atoms with Crippen molar-refractivity contribution in [1.82, 2.24) is 0 Å². The number of carbonyl (C=O) groups is 2. The van der Waals surface area contributed by atoms with Gasteiger partial charge < -0.3 is 4.74 Å². The van der Waals surface area contributed by atoms with E-state index in [0.29, 0.717) is 11.1 Å². The highest BCUT2D eigenvalue weighted by Gasteiger charge is 2.30. The number of ketones is 2. The fourth-order valence-electron chi connectivity index (χ4n) is 2.52. The molecule has 1 aliphatic rings. The van der Waals surface area contributed by atoms with Gasteiger partial charge in [-0.3, -0.25) is 9.59 Å². The lowest BCUT2D eigenvalue weighted by Gasteiger charge is -2.25. The highest BCUT2D eigenvalue weighted by Crippen LogP contribution is 2.30. The molecule has 21 heavy (non-hydrogen) atoms. The van der Waals surface area contributed by atoms with Crippen LogP contribution in [0, 0.1) is 0 Å². The maximum Gasteiger partial charge on any atom is 0.228 e. The third-order valence-electron chi connectivity index (χ3n) is 3.32. The maximum atomic E-state index is 12.5. The number of hydrogen-bond donors (Lipinski definition) is 0. The Morgan fingerprint density at radius 1 is 0.952 bits per heavy atom. The Bertz CT molecular complexity index is 792. The van der Waals surface area contributed by atoms with Crippen molar-refractivity contribution in [1.29, 1.82) is 0 Å². The van der Waals surface area contributed by atoms with E-state index < -0.39 is 5.60 Å². The molecule has 0 N–H and O–H groups in total. The summed E-state index contributed by atoms with van der Waals surface area (Å²) in [5.41, 5.74) is 0.371. The summed E-state index contributed by atoms with van der Waals surface area (Å²) in [7, 11) is 0. The molecule has 3 nitrogen and oxygen atoms in total. The molecule has 1 aliphatic carbocycles. The van der Waals surface area contributed by atoms with Crippen LogP contribution in [0.15, 0.2) is 48.2 Å². The van der Waals surface area contributed by atoms with Gasteiger partial charge >= 0.3 is 0 Å². The molecule has 0 saturated heterocycles. The monoisotopic (exact) mass is 280 g/mol. The van der Waals surface area contributed by atoms with E-state index in [1.54, 1.807) is 6.07 Å². The maximum absolute atomic E-state index is 12.5. The Kier molecular flexibility index (Phi) is 2.94. The molecule has 0 aromatic heterocycles. The molecule has 2 aromatic rings. The number of allylic oxidation sites excluding steroid dienone is 2. The SMILES string of the molecule is CC(C)(C)OC1=CC(=O)c2c(ccc3ccccc23)C1=O. The quantitative estimate of drug-likeness (QED) is 0.795. The highest BCUT2D eigenvalue weighted by atomic mass is 16.5. The predicted octanol–water partition coefficient (Wildman–Crippen LogP) is 3.92. The van der Waals surface area contributed by atoms with Gasteiger partial charge in [-0.15, -0.1) is 0 Å². The smallest absolute Gasteiger partial charge is 0.228 e. The molecule has 3 heteroatoms. The average Bonchev–Trinajstić information content (AvgIpc) is 2.42. The molecule has 0 radical (unpaired) electrons. The molecular weight excluding hydrogens is 264 g/mol. The third-order valence-corrected chi connectivity index (χ3v) is 3.32. The van der Waals surface area contributed by atoms with Crippen molar-refractivity contribution < 1.29 is 14.3 Å². The van der Waals surface area contributed by atoms with Gasteiger partial charge in [0.15, 0.2) is 11.5 Å². The topological polar surface area (TPSA) is 43.4 Å². The van der Waals surface area contributed by atoms with Gasteiger partial charge in [-0.2, -0.15) is 0 Å². The number of ether oxygens (including phenoxy) is 1. The summed E-state index contributed by atoms with van der Waals surface area (Å²) in [6, 6.07) is 11.1. The number of carbonyl (C=O) groups excluding carboxylic acids is 2. The van der Waals surface area contributed by atoms with Crippen molar-refractivity contribution in [3.05, 3.63) is 59.4 Å². The Morgan fingerprint density at radius 2 is 1.67 bits per heavy atom. The van der Waals surface area contributed by atoms with Crippen LogP contribution in [0.3, 0.4) is 0 Å². The second-order valence-corrected chi connectivity index (χ2v) is 6.13. The van der Waals surface area contributed by atoms with Crippen LogP contribution < -0.4 is 0 Å². The average molecular weight is 280 g/mol. The van der Waals surface area contributed by atoms with Crippen LogP contribution in [0.5, 0.6) is 0 Å². The minimum atomic E-state index is -0.518. The van der Waals surface area contributed by atoms with E-state index in [2.05, 4.69) is 0 Å². The van der Waals surface area contributed by atoms with E-state index >= 15 is 0 Å². The molecule has 0 amide bonds. The first-order valence-electron chi connectivity index (χ1n) is 6.88. The molecule has 0 unspecified atom stereocenters. The standard InChI is InChI=1S/C18H16O3/c1-18(2,3)21-15-10-14(19)16-12-7-5-4-6-11(12)8-9-13(16)17(15)20/h4-10H,1-3H3. The Labute approximate surface area is 123 Å². The molecule has 0 spiro atoms. The summed E-state index contributed by atoms with van der Waals surface area (Å²) in [5, 5.41) is 1.75. The minimum Gasteiger partial charge on any atom is -0.484 e. The van der Waals surface area contributed by atoms with E-state index in [9.17, 15) is 9.59 Å². The normalized spacial score (nSPS) is 14.9.